The first-order chi connectivity index (χ1) is 25.7. The van der Waals surface area contributed by atoms with Crippen LogP contribution in [-0.4, -0.2) is 84.0 Å². The molecule has 292 valence electrons. The van der Waals surface area contributed by atoms with Crippen molar-refractivity contribution in [2.24, 2.45) is 0 Å². The van der Waals surface area contributed by atoms with Gasteiger partial charge in [0.15, 0.2) is 5.69 Å². The number of nitrogens with zero attached hydrogens (tertiary/aromatic N) is 5. The predicted molar refractivity (Wildman–Crippen MR) is 203 cm³/mol. The van der Waals surface area contributed by atoms with Crippen molar-refractivity contribution in [2.45, 2.75) is 70.5 Å². The Morgan fingerprint density at radius 3 is 2.19 bits per heavy atom. The largest absolute Gasteiger partial charge is 0.475 e. The van der Waals surface area contributed by atoms with Crippen LogP contribution in [0.5, 0.6) is 17.5 Å². The highest BCUT2D eigenvalue weighted by molar-refractivity contribution is 7.91. The van der Waals surface area contributed by atoms with E-state index in [0.29, 0.717) is 43.8 Å². The van der Waals surface area contributed by atoms with Crippen LogP contribution < -0.4 is 14.2 Å². The third-order valence-electron chi connectivity index (χ3n) is 8.76. The summed E-state index contributed by atoms with van der Waals surface area (Å²) in [5.74, 6) is 0.0687. The lowest BCUT2D eigenvalue weighted by atomic mass is 9.89. The number of alkyl halides is 4. The fraction of sp³-hybridized carbons (Fsp3) is 0.421. The summed E-state index contributed by atoms with van der Waals surface area (Å²) in [5, 5.41) is 6.67. The molecule has 54 heavy (non-hydrogen) atoms. The van der Waals surface area contributed by atoms with Crippen molar-refractivity contribution in [3.63, 3.8) is 0 Å². The normalized spacial score (nSPS) is 13.8. The molecule has 0 bridgehead atoms. The number of pyridine rings is 1. The zero-order valence-electron chi connectivity index (χ0n) is 30.9. The molecule has 16 heteroatoms. The van der Waals surface area contributed by atoms with E-state index in [0.717, 1.165) is 17.7 Å². The molecule has 3 heterocycles. The zero-order chi connectivity index (χ0) is 39.5. The Morgan fingerprint density at radius 2 is 1.61 bits per heavy atom. The van der Waals surface area contributed by atoms with Crippen molar-refractivity contribution in [1.82, 2.24) is 25.0 Å². The van der Waals surface area contributed by atoms with E-state index in [-0.39, 0.29) is 59.3 Å². The van der Waals surface area contributed by atoms with Gasteiger partial charge in [-0.05, 0) is 81.8 Å². The number of rotatable bonds is 14. The van der Waals surface area contributed by atoms with Crippen LogP contribution in [0.1, 0.15) is 73.6 Å². The number of benzene rings is 2. The Kier molecular flexibility index (Phi) is 15.0. The molecule has 0 spiro atoms. The topological polar surface area (TPSA) is 127 Å². The number of carbonyl (C=O) groups is 1. The maximum absolute atomic E-state index is 13.7. The lowest BCUT2D eigenvalue weighted by molar-refractivity contribution is -0.141. The van der Waals surface area contributed by atoms with Crippen LogP contribution in [0, 0.1) is 0 Å². The van der Waals surface area contributed by atoms with E-state index >= 15 is 0 Å². The predicted octanol–water partition coefficient (Wildman–Crippen LogP) is 8.00. The summed E-state index contributed by atoms with van der Waals surface area (Å²) >= 11 is 4.64. The van der Waals surface area contributed by atoms with Gasteiger partial charge in [0.05, 0.1) is 11.3 Å². The smallest absolute Gasteiger partial charge is 0.435 e. The molecule has 0 atom stereocenters. The molecule has 1 amide bonds. The minimum Gasteiger partial charge on any atom is -0.475 e. The highest BCUT2D eigenvalue weighted by Crippen LogP contribution is 2.33. The number of amides is 1. The van der Waals surface area contributed by atoms with E-state index in [9.17, 15) is 26.4 Å². The molecule has 11 nitrogen and oxygen atoms in total. The van der Waals surface area contributed by atoms with Gasteiger partial charge in [-0.1, -0.05) is 42.5 Å². The summed E-state index contributed by atoms with van der Waals surface area (Å²) in [6, 6.07) is 20.0. The number of hydrogen-bond donors (Lipinski definition) is 1. The van der Waals surface area contributed by atoms with Crippen LogP contribution in [0.3, 0.4) is 0 Å². The Hall–Kier alpha value is -4.47. The molecule has 1 aliphatic heterocycles. The fourth-order valence-electron chi connectivity index (χ4n) is 6.17. The van der Waals surface area contributed by atoms with Crippen molar-refractivity contribution in [3.05, 3.63) is 101 Å². The Labute approximate surface area is 319 Å². The van der Waals surface area contributed by atoms with E-state index in [1.807, 2.05) is 18.2 Å². The Bertz CT molecular complexity index is 1890. The number of aromatic nitrogens is 3. The summed E-state index contributed by atoms with van der Waals surface area (Å²) in [7, 11) is -3.87. The Balaban J connectivity index is 0.00000319. The van der Waals surface area contributed by atoms with Gasteiger partial charge in [0.1, 0.15) is 18.0 Å². The molecular weight excluding hydrogens is 745 g/mol. The highest BCUT2D eigenvalue weighted by Gasteiger charge is 2.33. The number of anilines is 1. The second-order valence-corrected chi connectivity index (χ2v) is 14.9. The summed E-state index contributed by atoms with van der Waals surface area (Å²) in [4.78, 5) is 22.1. The molecule has 4 aromatic rings. The SMILES string of the molecule is CC(C)N(CCOc1ncc(C(=O)N2CCC(c3ccc(Oc4ccc(C(F)(F)F)nn4)cc3)CC2)cc1NS(=O)(=O)Cc1ccccc1)C(C)C.CCl. The Morgan fingerprint density at radius 1 is 0.963 bits per heavy atom. The van der Waals surface area contributed by atoms with Gasteiger partial charge in [-0.3, -0.25) is 14.4 Å². The van der Waals surface area contributed by atoms with Gasteiger partial charge >= 0.3 is 6.18 Å². The van der Waals surface area contributed by atoms with E-state index < -0.39 is 21.9 Å². The van der Waals surface area contributed by atoms with Crippen LogP contribution in [0.2, 0.25) is 0 Å². The number of carbonyl (C=O) groups excluding carboxylic acids is 1. The molecule has 2 aromatic carbocycles. The van der Waals surface area contributed by atoms with Gasteiger partial charge in [0.25, 0.3) is 5.91 Å². The van der Waals surface area contributed by atoms with E-state index in [4.69, 9.17) is 9.47 Å². The molecule has 0 aliphatic carbocycles. The zero-order valence-corrected chi connectivity index (χ0v) is 32.5. The summed E-state index contributed by atoms with van der Waals surface area (Å²) in [5.41, 5.74) is 0.881. The molecule has 0 unspecified atom stereocenters. The average Bonchev–Trinajstić information content (AvgIpc) is 3.14. The first-order valence-corrected chi connectivity index (χ1v) is 19.9. The van der Waals surface area contributed by atoms with Gasteiger partial charge in [-0.15, -0.1) is 21.8 Å². The maximum atomic E-state index is 13.7. The van der Waals surface area contributed by atoms with Crippen molar-refractivity contribution >= 4 is 33.2 Å². The molecule has 1 aliphatic rings. The number of ether oxygens (including phenoxy) is 2. The van der Waals surface area contributed by atoms with Gasteiger partial charge in [0.2, 0.25) is 21.8 Å². The van der Waals surface area contributed by atoms with Crippen LogP contribution in [0.15, 0.2) is 79.0 Å². The van der Waals surface area contributed by atoms with Crippen molar-refractivity contribution in [1.29, 1.82) is 0 Å². The minimum absolute atomic E-state index is 0.0577. The average molecular weight is 791 g/mol. The van der Waals surface area contributed by atoms with Crippen LogP contribution >= 0.6 is 11.6 Å². The monoisotopic (exact) mass is 790 g/mol. The number of piperidine rings is 1. The van der Waals surface area contributed by atoms with Crippen LogP contribution in [-0.2, 0) is 22.0 Å². The molecule has 2 aromatic heterocycles. The van der Waals surface area contributed by atoms with Crippen molar-refractivity contribution in [2.75, 3.05) is 37.3 Å². The summed E-state index contributed by atoms with van der Waals surface area (Å²) < 4.78 is 79.0. The van der Waals surface area contributed by atoms with E-state index in [1.54, 1.807) is 41.3 Å². The molecule has 5 rings (SSSR count). The lowest BCUT2D eigenvalue weighted by Gasteiger charge is -2.32. The number of hydrogen-bond acceptors (Lipinski definition) is 9. The lowest BCUT2D eigenvalue weighted by Crippen LogP contribution is -2.39. The molecule has 1 N–H and O–H groups in total. The van der Waals surface area contributed by atoms with Crippen LogP contribution in [0.25, 0.3) is 0 Å². The molecule has 1 saturated heterocycles. The second-order valence-electron chi connectivity index (χ2n) is 13.2. The highest BCUT2D eigenvalue weighted by atomic mass is 35.5. The van der Waals surface area contributed by atoms with Crippen molar-refractivity contribution < 1.29 is 35.9 Å². The summed E-state index contributed by atoms with van der Waals surface area (Å²) in [6.45, 7) is 10.2. The molecule has 1 fully saturated rings. The minimum atomic E-state index is -4.58. The standard InChI is InChI=1S/C37H43F3N6O5S.CH3Cl/c1-25(2)46(26(3)4)20-21-50-35-32(44-52(48,49)24-27-8-6-5-7-9-27)22-30(23-41-35)36(47)45-18-16-29(17-19-45)28-10-12-31(13-11-28)51-34-15-14-33(42-43-34)37(38,39)40;1-2/h5-15,22-23,25-26,29,44H,16-21,24H2,1-4H3;1H3. The van der Waals surface area contributed by atoms with Gasteiger partial charge in [-0.25, -0.2) is 13.4 Å². The maximum Gasteiger partial charge on any atom is 0.435 e. The number of halogens is 4. The third kappa shape index (κ3) is 12.0. The van der Waals surface area contributed by atoms with Gasteiger partial charge in [0, 0.05) is 50.4 Å². The first kappa shape index (κ1) is 42.3. The van der Waals surface area contributed by atoms with Crippen LogP contribution in [0.4, 0.5) is 18.9 Å². The quantitative estimate of drug-likeness (QED) is 0.127. The van der Waals surface area contributed by atoms with Gasteiger partial charge in [-0.2, -0.15) is 13.2 Å². The summed E-state index contributed by atoms with van der Waals surface area (Å²) in [6.07, 6.45) is -0.326. The molecular formula is C38H46ClF3N6O5S. The molecule has 0 saturated carbocycles. The molecule has 0 radical (unpaired) electrons. The number of likely N-dealkylation sites (tertiary alicyclic amines) is 1. The van der Waals surface area contributed by atoms with Crippen molar-refractivity contribution in [3.8, 4) is 17.5 Å². The van der Waals surface area contributed by atoms with E-state index in [2.05, 4.69) is 64.1 Å². The number of sulfonamides is 1. The fourth-order valence-corrected chi connectivity index (χ4v) is 7.35. The third-order valence-corrected chi connectivity index (χ3v) is 10.0. The first-order valence-electron chi connectivity index (χ1n) is 17.5. The second kappa shape index (κ2) is 19.2. The number of nitrogens with one attached hydrogen (secondary N) is 1. The van der Waals surface area contributed by atoms with E-state index in [1.165, 1.54) is 18.6 Å². The van der Waals surface area contributed by atoms with Gasteiger partial charge < -0.3 is 14.4 Å².